The van der Waals surface area contributed by atoms with Crippen LogP contribution in [0.5, 0.6) is 0 Å². The Morgan fingerprint density at radius 3 is 2.62 bits per heavy atom. The number of nitrogens with zero attached hydrogens (tertiary/aromatic N) is 1. The number of nitrogens with one attached hydrogen (secondary N) is 2. The molecule has 204 valence electrons. The van der Waals surface area contributed by atoms with E-state index in [9.17, 15) is 0 Å². The summed E-state index contributed by atoms with van der Waals surface area (Å²) in [6.45, 7) is 12.4. The Kier molecular flexibility index (Phi) is 6.11. The van der Waals surface area contributed by atoms with Crippen LogP contribution in [0, 0.1) is 52.3 Å². The molecule has 1 aromatic heterocycles. The summed E-state index contributed by atoms with van der Waals surface area (Å²) in [5.41, 5.74) is 2.16. The van der Waals surface area contributed by atoms with Gasteiger partial charge in [-0.1, -0.05) is 33.8 Å². The van der Waals surface area contributed by atoms with Gasteiger partial charge in [0.1, 0.15) is 5.72 Å². The third-order valence-corrected chi connectivity index (χ3v) is 13.4. The summed E-state index contributed by atoms with van der Waals surface area (Å²) in [7, 11) is 0. The Morgan fingerprint density at radius 2 is 1.84 bits per heavy atom. The van der Waals surface area contributed by atoms with Gasteiger partial charge in [0.25, 0.3) is 0 Å². The number of fused-ring (bicyclic) bond motifs is 7. The van der Waals surface area contributed by atoms with Crippen LogP contribution in [0.4, 0.5) is 0 Å². The molecule has 12 atom stereocenters. The molecule has 1 aromatic rings. The van der Waals surface area contributed by atoms with Crippen LogP contribution in [-0.2, 0) is 11.3 Å². The van der Waals surface area contributed by atoms with Gasteiger partial charge in [-0.05, 0) is 123 Å². The molecule has 4 saturated carbocycles. The molecule has 7 rings (SSSR count). The number of hydrogen-bond acceptors (Lipinski definition) is 4. The Bertz CT molecular complexity index is 975. The van der Waals surface area contributed by atoms with Crippen LogP contribution in [0.1, 0.15) is 97.6 Å². The maximum atomic E-state index is 7.10. The highest BCUT2D eigenvalue weighted by Crippen LogP contribution is 2.71. The SMILES string of the molecule is C[C@H]1CC[C@]2(NC1)O[C@H]1C[C@H]3[C@@H]4CC[C@H]5CC(NCc6ccccn6)CC[C@]5(C)[C@H]4CC[C@]3(C)[C@H]1[C@@H]2C. The zero-order valence-corrected chi connectivity index (χ0v) is 23.8. The van der Waals surface area contributed by atoms with Gasteiger partial charge in [0.2, 0.25) is 0 Å². The standard InChI is InChI=1S/C33H51N3O/c1-21-10-15-33(36-19-21)22(2)30-29(37-33)18-28-26-9-8-23-17-24(35-20-25-7-5-6-16-34-25)11-13-31(23,3)27(26)12-14-32(28,30)4/h5-7,16,21-24,26-30,35-36H,8-15,17-20H2,1-4H3/t21-,22-,23-,24?,26+,27-,28-,29-,30-,31-,32-,33-/m0/s1. The lowest BCUT2D eigenvalue weighted by atomic mass is 9.44. The van der Waals surface area contributed by atoms with Crippen molar-refractivity contribution >= 4 is 0 Å². The molecular weight excluding hydrogens is 454 g/mol. The van der Waals surface area contributed by atoms with E-state index in [0.717, 1.165) is 48.6 Å². The van der Waals surface area contributed by atoms with Crippen molar-refractivity contribution < 1.29 is 4.74 Å². The summed E-state index contributed by atoms with van der Waals surface area (Å²) < 4.78 is 7.10. The normalized spacial score (nSPS) is 52.8. The molecule has 1 unspecified atom stereocenters. The van der Waals surface area contributed by atoms with E-state index < -0.39 is 0 Å². The minimum absolute atomic E-state index is 0.0308. The summed E-state index contributed by atoms with van der Waals surface area (Å²) in [6, 6.07) is 6.93. The summed E-state index contributed by atoms with van der Waals surface area (Å²) in [4.78, 5) is 4.53. The van der Waals surface area contributed by atoms with Gasteiger partial charge >= 0.3 is 0 Å². The van der Waals surface area contributed by atoms with Crippen LogP contribution in [0.15, 0.2) is 24.4 Å². The predicted molar refractivity (Wildman–Crippen MR) is 149 cm³/mol. The molecule has 2 aliphatic heterocycles. The van der Waals surface area contributed by atoms with Gasteiger partial charge in [0.15, 0.2) is 0 Å². The van der Waals surface area contributed by atoms with E-state index >= 15 is 0 Å². The van der Waals surface area contributed by atoms with Crippen LogP contribution >= 0.6 is 0 Å². The summed E-state index contributed by atoms with van der Waals surface area (Å²) in [5.74, 6) is 5.80. The van der Waals surface area contributed by atoms with Crippen LogP contribution in [0.2, 0.25) is 0 Å². The first-order valence-electron chi connectivity index (χ1n) is 15.9. The maximum Gasteiger partial charge on any atom is 0.122 e. The monoisotopic (exact) mass is 505 g/mol. The van der Waals surface area contributed by atoms with Crippen molar-refractivity contribution in [2.24, 2.45) is 52.3 Å². The van der Waals surface area contributed by atoms with Crippen molar-refractivity contribution in [3.05, 3.63) is 30.1 Å². The lowest BCUT2D eigenvalue weighted by Crippen LogP contribution is -2.58. The number of pyridine rings is 1. The van der Waals surface area contributed by atoms with E-state index in [-0.39, 0.29) is 5.72 Å². The molecule has 6 fully saturated rings. The number of hydrogen-bond donors (Lipinski definition) is 2. The first kappa shape index (κ1) is 25.0. The number of piperidine rings is 1. The molecule has 0 radical (unpaired) electrons. The molecule has 3 heterocycles. The Balaban J connectivity index is 1.04. The highest BCUT2D eigenvalue weighted by atomic mass is 16.5. The molecule has 4 aliphatic carbocycles. The zero-order chi connectivity index (χ0) is 25.4. The van der Waals surface area contributed by atoms with E-state index in [1.165, 1.54) is 69.9 Å². The fourth-order valence-corrected chi connectivity index (χ4v) is 11.4. The third kappa shape index (κ3) is 3.82. The van der Waals surface area contributed by atoms with Gasteiger partial charge in [-0.3, -0.25) is 10.3 Å². The van der Waals surface area contributed by atoms with Gasteiger partial charge in [-0.2, -0.15) is 0 Å². The van der Waals surface area contributed by atoms with E-state index in [0.29, 0.717) is 28.9 Å². The highest BCUT2D eigenvalue weighted by Gasteiger charge is 2.68. The zero-order valence-electron chi connectivity index (χ0n) is 23.8. The van der Waals surface area contributed by atoms with Gasteiger partial charge in [0, 0.05) is 31.2 Å². The van der Waals surface area contributed by atoms with Crippen LogP contribution in [0.3, 0.4) is 0 Å². The topological polar surface area (TPSA) is 46.2 Å². The molecule has 2 N–H and O–H groups in total. The van der Waals surface area contributed by atoms with Crippen LogP contribution < -0.4 is 10.6 Å². The number of ether oxygens (including phenoxy) is 1. The quantitative estimate of drug-likeness (QED) is 0.488. The molecule has 1 spiro atoms. The van der Waals surface area contributed by atoms with Crippen molar-refractivity contribution in [1.82, 2.24) is 15.6 Å². The lowest BCUT2D eigenvalue weighted by Gasteiger charge is -2.61. The van der Waals surface area contributed by atoms with Crippen molar-refractivity contribution in [3.8, 4) is 0 Å². The molecule has 4 heteroatoms. The molecule has 0 amide bonds. The molecule has 6 aliphatic rings. The largest absolute Gasteiger partial charge is 0.357 e. The molecule has 37 heavy (non-hydrogen) atoms. The van der Waals surface area contributed by atoms with Gasteiger partial charge in [-0.15, -0.1) is 0 Å². The average molecular weight is 506 g/mol. The first-order valence-corrected chi connectivity index (χ1v) is 15.9. The fraction of sp³-hybridized carbons (Fsp3) is 0.848. The molecule has 4 nitrogen and oxygen atoms in total. The van der Waals surface area contributed by atoms with E-state index in [1.807, 2.05) is 12.3 Å². The molecule has 0 bridgehead atoms. The fourth-order valence-electron chi connectivity index (χ4n) is 11.4. The number of rotatable bonds is 3. The second-order valence-electron chi connectivity index (χ2n) is 15.0. The second kappa shape index (κ2) is 9.03. The van der Waals surface area contributed by atoms with E-state index in [4.69, 9.17) is 4.74 Å². The van der Waals surface area contributed by atoms with Gasteiger partial charge in [-0.25, -0.2) is 0 Å². The second-order valence-corrected chi connectivity index (χ2v) is 15.0. The van der Waals surface area contributed by atoms with E-state index in [2.05, 4.69) is 55.4 Å². The summed E-state index contributed by atoms with van der Waals surface area (Å²) in [5, 5.41) is 7.81. The molecule has 0 aromatic carbocycles. The minimum atomic E-state index is -0.0308. The molecular formula is C33H51N3O. The lowest BCUT2D eigenvalue weighted by molar-refractivity contribution is -0.134. The third-order valence-electron chi connectivity index (χ3n) is 13.4. The maximum absolute atomic E-state index is 7.10. The van der Waals surface area contributed by atoms with Crippen molar-refractivity contribution in [3.63, 3.8) is 0 Å². The van der Waals surface area contributed by atoms with Crippen molar-refractivity contribution in [2.75, 3.05) is 6.54 Å². The van der Waals surface area contributed by atoms with Crippen LogP contribution in [-0.4, -0.2) is 29.4 Å². The first-order chi connectivity index (χ1) is 17.8. The van der Waals surface area contributed by atoms with Crippen molar-refractivity contribution in [2.45, 2.75) is 116 Å². The van der Waals surface area contributed by atoms with Crippen LogP contribution in [0.25, 0.3) is 0 Å². The average Bonchev–Trinajstić information content (AvgIpc) is 3.35. The van der Waals surface area contributed by atoms with Crippen molar-refractivity contribution in [1.29, 1.82) is 0 Å². The Labute approximate surface area is 225 Å². The van der Waals surface area contributed by atoms with E-state index in [1.54, 1.807) is 0 Å². The molecule has 2 saturated heterocycles. The van der Waals surface area contributed by atoms with Gasteiger partial charge < -0.3 is 10.1 Å². The predicted octanol–water partition coefficient (Wildman–Crippen LogP) is 6.56. The Hall–Kier alpha value is -0.970. The highest BCUT2D eigenvalue weighted by molar-refractivity contribution is 5.16. The Morgan fingerprint density at radius 1 is 0.973 bits per heavy atom. The van der Waals surface area contributed by atoms with Gasteiger partial charge in [0.05, 0.1) is 11.8 Å². The minimum Gasteiger partial charge on any atom is -0.357 e. The summed E-state index contributed by atoms with van der Waals surface area (Å²) in [6.07, 6.45) is 16.2. The summed E-state index contributed by atoms with van der Waals surface area (Å²) >= 11 is 0. The smallest absolute Gasteiger partial charge is 0.122 e. The number of aromatic nitrogens is 1.